The summed E-state index contributed by atoms with van der Waals surface area (Å²) in [7, 11) is -4.54. The summed E-state index contributed by atoms with van der Waals surface area (Å²) in [4.78, 5) is 28.4. The van der Waals surface area contributed by atoms with Crippen molar-refractivity contribution in [2.75, 3.05) is 10.8 Å². The summed E-state index contributed by atoms with van der Waals surface area (Å²) in [5.41, 5.74) is -1.12. The van der Waals surface area contributed by atoms with Gasteiger partial charge in [0, 0.05) is 28.2 Å². The lowest BCUT2D eigenvalue weighted by molar-refractivity contribution is -0.139. The zero-order chi connectivity index (χ0) is 32.1. The Balaban J connectivity index is 1.74. The van der Waals surface area contributed by atoms with Crippen LogP contribution in [0.5, 0.6) is 0 Å². The molecule has 1 atom stereocenters. The predicted octanol–water partition coefficient (Wildman–Crippen LogP) is 7.07. The Hall–Kier alpha value is -3.28. The highest BCUT2D eigenvalue weighted by molar-refractivity contribution is 7.92. The first-order chi connectivity index (χ1) is 20.8. The largest absolute Gasteiger partial charge is 0.416 e. The van der Waals surface area contributed by atoms with Crippen LogP contribution in [0.2, 0.25) is 10.0 Å². The van der Waals surface area contributed by atoms with Crippen molar-refractivity contribution in [3.63, 3.8) is 0 Å². The molecule has 4 rings (SSSR count). The molecule has 7 nitrogen and oxygen atoms in total. The van der Waals surface area contributed by atoms with E-state index in [9.17, 15) is 31.2 Å². The first kappa shape index (κ1) is 33.6. The molecule has 44 heavy (non-hydrogen) atoms. The lowest BCUT2D eigenvalue weighted by Crippen LogP contribution is -2.53. The van der Waals surface area contributed by atoms with Crippen LogP contribution >= 0.6 is 23.2 Å². The Bertz CT molecular complexity index is 1560. The van der Waals surface area contributed by atoms with Crippen molar-refractivity contribution in [1.82, 2.24) is 10.2 Å². The molecule has 3 aromatic carbocycles. The van der Waals surface area contributed by atoms with Crippen molar-refractivity contribution in [3.05, 3.63) is 94.0 Å². The maximum atomic E-state index is 14.1. The van der Waals surface area contributed by atoms with Crippen LogP contribution in [0, 0.1) is 0 Å². The molecule has 1 N–H and O–H groups in total. The summed E-state index contributed by atoms with van der Waals surface area (Å²) in [6.45, 7) is 0.348. The second kappa shape index (κ2) is 14.2. The van der Waals surface area contributed by atoms with E-state index < -0.39 is 46.2 Å². The molecular weight excluding hydrogens is 638 g/mol. The van der Waals surface area contributed by atoms with Crippen LogP contribution in [-0.4, -0.2) is 43.8 Å². The van der Waals surface area contributed by atoms with Crippen LogP contribution in [0.3, 0.4) is 0 Å². The van der Waals surface area contributed by atoms with Crippen LogP contribution in [0.4, 0.5) is 18.9 Å². The third kappa shape index (κ3) is 8.05. The van der Waals surface area contributed by atoms with Crippen LogP contribution < -0.4 is 9.62 Å². The zero-order valence-electron chi connectivity index (χ0n) is 23.9. The van der Waals surface area contributed by atoms with E-state index in [0.717, 1.165) is 49.1 Å². The van der Waals surface area contributed by atoms with Gasteiger partial charge in [-0.3, -0.25) is 13.9 Å². The number of hydrogen-bond acceptors (Lipinski definition) is 4. The van der Waals surface area contributed by atoms with Gasteiger partial charge in [0.15, 0.2) is 0 Å². The average molecular weight is 671 g/mol. The van der Waals surface area contributed by atoms with Crippen molar-refractivity contribution >= 4 is 50.7 Å². The molecule has 0 saturated heterocycles. The van der Waals surface area contributed by atoms with E-state index in [2.05, 4.69) is 5.32 Å². The molecule has 0 bridgehead atoms. The van der Waals surface area contributed by atoms with Crippen molar-refractivity contribution < 1.29 is 31.2 Å². The van der Waals surface area contributed by atoms with Crippen molar-refractivity contribution in [2.45, 2.75) is 68.7 Å². The highest BCUT2D eigenvalue weighted by atomic mass is 35.5. The zero-order valence-corrected chi connectivity index (χ0v) is 26.2. The molecule has 1 saturated carbocycles. The normalized spacial score (nSPS) is 15.0. The van der Waals surface area contributed by atoms with Crippen molar-refractivity contribution in [1.29, 1.82) is 0 Å². The second-order valence-electron chi connectivity index (χ2n) is 10.6. The minimum Gasteiger partial charge on any atom is -0.352 e. The van der Waals surface area contributed by atoms with Crippen molar-refractivity contribution in [3.8, 4) is 0 Å². The Labute approximate surface area is 265 Å². The van der Waals surface area contributed by atoms with Gasteiger partial charge in [-0.2, -0.15) is 13.2 Å². The van der Waals surface area contributed by atoms with Crippen molar-refractivity contribution in [2.24, 2.45) is 0 Å². The van der Waals surface area contributed by atoms with Gasteiger partial charge in [0.1, 0.15) is 12.6 Å². The van der Waals surface area contributed by atoms with Gasteiger partial charge in [0.25, 0.3) is 10.0 Å². The minimum absolute atomic E-state index is 0.0698. The molecular formula is C31H32Cl2F3N3O4S. The Kier molecular flexibility index (Phi) is 10.9. The summed E-state index contributed by atoms with van der Waals surface area (Å²) in [5, 5.41) is 3.43. The van der Waals surface area contributed by atoms with Gasteiger partial charge in [0.05, 0.1) is 16.1 Å². The number of alkyl halides is 3. The summed E-state index contributed by atoms with van der Waals surface area (Å²) in [6, 6.07) is 14.4. The molecule has 0 aliphatic heterocycles. The molecule has 1 aliphatic rings. The van der Waals surface area contributed by atoms with E-state index >= 15 is 0 Å². The standard InChI is InChI=1S/C31H32Cl2F3N3O4S/c1-21(30(41)37-23-11-4-2-5-12-23)38(19-26-27(32)16-9-17-28(26)33)29(40)20-39(44(42,43)25-14-6-3-7-15-25)24-13-8-10-22(18-24)31(34,35)36/h3,6-10,13-18,21,23H,2,4-5,11-12,19-20H2,1H3,(H,37,41)/t21-/m0/s1. The summed E-state index contributed by atoms with van der Waals surface area (Å²) in [5.74, 6) is -1.30. The quantitative estimate of drug-likeness (QED) is 0.250. The van der Waals surface area contributed by atoms with Gasteiger partial charge in [-0.1, -0.05) is 72.8 Å². The smallest absolute Gasteiger partial charge is 0.352 e. The number of hydrogen-bond donors (Lipinski definition) is 1. The Morgan fingerprint density at radius 2 is 1.55 bits per heavy atom. The molecule has 0 spiro atoms. The number of rotatable bonds is 10. The van der Waals surface area contributed by atoms with Gasteiger partial charge < -0.3 is 10.2 Å². The minimum atomic E-state index is -4.76. The second-order valence-corrected chi connectivity index (χ2v) is 13.3. The van der Waals surface area contributed by atoms with Gasteiger partial charge in [-0.15, -0.1) is 0 Å². The Morgan fingerprint density at radius 1 is 0.932 bits per heavy atom. The fourth-order valence-corrected chi connectivity index (χ4v) is 7.03. The average Bonchev–Trinajstić information content (AvgIpc) is 3.00. The molecule has 0 radical (unpaired) electrons. The maximum absolute atomic E-state index is 14.1. The molecule has 0 unspecified atom stereocenters. The number of carbonyl (C=O) groups is 2. The van der Waals surface area contributed by atoms with E-state index in [4.69, 9.17) is 23.2 Å². The highest BCUT2D eigenvalue weighted by Crippen LogP contribution is 2.34. The van der Waals surface area contributed by atoms with E-state index in [1.54, 1.807) is 24.3 Å². The van der Waals surface area contributed by atoms with Gasteiger partial charge in [-0.05, 0) is 62.2 Å². The molecule has 1 aliphatic carbocycles. The highest BCUT2D eigenvalue weighted by Gasteiger charge is 2.36. The number of benzene rings is 3. The topological polar surface area (TPSA) is 86.8 Å². The van der Waals surface area contributed by atoms with Crippen LogP contribution in [0.25, 0.3) is 0 Å². The number of nitrogens with one attached hydrogen (secondary N) is 1. The number of amides is 2. The van der Waals surface area contributed by atoms with E-state index in [-0.39, 0.29) is 33.2 Å². The molecule has 1 fully saturated rings. The third-order valence-corrected chi connectivity index (χ3v) is 10.1. The van der Waals surface area contributed by atoms with E-state index in [1.807, 2.05) is 0 Å². The van der Waals surface area contributed by atoms with Crippen LogP contribution in [0.1, 0.15) is 50.2 Å². The van der Waals surface area contributed by atoms with Crippen LogP contribution in [0.15, 0.2) is 77.7 Å². The maximum Gasteiger partial charge on any atom is 0.416 e. The lowest BCUT2D eigenvalue weighted by Gasteiger charge is -2.33. The first-order valence-electron chi connectivity index (χ1n) is 14.1. The number of anilines is 1. The third-order valence-electron chi connectivity index (χ3n) is 7.58. The monoisotopic (exact) mass is 669 g/mol. The fourth-order valence-electron chi connectivity index (χ4n) is 5.09. The Morgan fingerprint density at radius 3 is 2.16 bits per heavy atom. The predicted molar refractivity (Wildman–Crippen MR) is 164 cm³/mol. The molecule has 3 aromatic rings. The van der Waals surface area contributed by atoms with Crippen LogP contribution in [-0.2, 0) is 32.3 Å². The SMILES string of the molecule is C[C@@H](C(=O)NC1CCCCC1)N(Cc1c(Cl)cccc1Cl)C(=O)CN(c1cccc(C(F)(F)F)c1)S(=O)(=O)c1ccccc1. The molecule has 0 aromatic heterocycles. The summed E-state index contributed by atoms with van der Waals surface area (Å²) < 4.78 is 69.2. The van der Waals surface area contributed by atoms with E-state index in [0.29, 0.717) is 15.9 Å². The fraction of sp³-hybridized carbons (Fsp3) is 0.355. The van der Waals surface area contributed by atoms with Gasteiger partial charge >= 0.3 is 6.18 Å². The number of carbonyl (C=O) groups excluding carboxylic acids is 2. The molecule has 236 valence electrons. The molecule has 0 heterocycles. The summed E-state index contributed by atoms with van der Waals surface area (Å²) in [6.07, 6.45) is -0.191. The molecule has 2 amide bonds. The summed E-state index contributed by atoms with van der Waals surface area (Å²) >= 11 is 12.8. The number of nitrogens with zero attached hydrogens (tertiary/aromatic N) is 2. The molecule has 13 heteroatoms. The lowest BCUT2D eigenvalue weighted by atomic mass is 9.95. The van der Waals surface area contributed by atoms with E-state index in [1.165, 1.54) is 37.3 Å². The number of halogens is 5. The number of sulfonamides is 1. The van der Waals surface area contributed by atoms with Gasteiger partial charge in [-0.25, -0.2) is 8.42 Å². The van der Waals surface area contributed by atoms with Gasteiger partial charge in [0.2, 0.25) is 11.8 Å². The first-order valence-corrected chi connectivity index (χ1v) is 16.3.